The van der Waals surface area contributed by atoms with Crippen LogP contribution in [0.2, 0.25) is 0 Å². The first-order valence-electron chi connectivity index (χ1n) is 19.6. The second-order valence-corrected chi connectivity index (χ2v) is 17.7. The monoisotopic (exact) mass is 806 g/mol. The summed E-state index contributed by atoms with van der Waals surface area (Å²) in [4.78, 5) is 78.0. The summed E-state index contributed by atoms with van der Waals surface area (Å²) in [6.45, 7) is 9.04. The van der Waals surface area contributed by atoms with Gasteiger partial charge in [0, 0.05) is 73.4 Å². The van der Waals surface area contributed by atoms with E-state index in [1.807, 2.05) is 11.8 Å². The Balaban J connectivity index is 0.000000120. The summed E-state index contributed by atoms with van der Waals surface area (Å²) in [7, 11) is 0. The number of rotatable bonds is 0. The lowest BCUT2D eigenvalue weighted by atomic mass is 9.96. The van der Waals surface area contributed by atoms with Gasteiger partial charge in [-0.15, -0.1) is 11.8 Å². The molecule has 9 heterocycles. The number of carbonyl (C=O) groups is 3. The molecule has 6 aliphatic heterocycles. The number of halogens is 1. The highest BCUT2D eigenvalue weighted by atomic mass is 32.2. The van der Waals surface area contributed by atoms with Crippen LogP contribution in [0.5, 0.6) is 17.2 Å². The normalized spacial score (nSPS) is 27.8. The summed E-state index contributed by atoms with van der Waals surface area (Å²) >= 11 is 1.76. The number of nitrogens with zero attached hydrogens (tertiary/aromatic N) is 6. The van der Waals surface area contributed by atoms with Gasteiger partial charge in [-0.25, -0.2) is 4.39 Å². The molecule has 3 aromatic rings. The highest BCUT2D eigenvalue weighted by molar-refractivity contribution is 7.99. The lowest BCUT2D eigenvalue weighted by molar-refractivity contribution is 0.0381. The summed E-state index contributed by atoms with van der Waals surface area (Å²) in [6.07, 6.45) is 8.97. The molecule has 0 aromatic carbocycles. The molecule has 304 valence electrons. The predicted molar refractivity (Wildman–Crippen MR) is 208 cm³/mol. The van der Waals surface area contributed by atoms with Gasteiger partial charge in [-0.05, 0) is 71.5 Å². The third kappa shape index (κ3) is 6.32. The van der Waals surface area contributed by atoms with Crippen molar-refractivity contribution in [3.63, 3.8) is 0 Å². The van der Waals surface area contributed by atoms with E-state index < -0.39 is 34.0 Å². The van der Waals surface area contributed by atoms with Gasteiger partial charge in [-0.1, -0.05) is 0 Å². The zero-order valence-corrected chi connectivity index (χ0v) is 33.1. The number of pyridine rings is 3. The minimum absolute atomic E-state index is 0.0316. The van der Waals surface area contributed by atoms with Gasteiger partial charge in [0.25, 0.3) is 17.7 Å². The number of fused-ring (bicyclic) bond motifs is 10. The number of aromatic hydroxyl groups is 3. The van der Waals surface area contributed by atoms with Crippen molar-refractivity contribution in [2.45, 2.75) is 122 Å². The minimum atomic E-state index is -0.885. The van der Waals surface area contributed by atoms with E-state index in [0.717, 1.165) is 25.0 Å². The van der Waals surface area contributed by atoms with E-state index in [4.69, 9.17) is 0 Å². The van der Waals surface area contributed by atoms with Crippen molar-refractivity contribution in [2.75, 3.05) is 12.3 Å². The van der Waals surface area contributed by atoms with E-state index in [9.17, 15) is 48.5 Å². The fourth-order valence-corrected chi connectivity index (χ4v) is 11.4. The Bertz CT molecular complexity index is 2360. The summed E-state index contributed by atoms with van der Waals surface area (Å²) in [5.74, 6) is -0.440. The van der Waals surface area contributed by atoms with Gasteiger partial charge in [0.2, 0.25) is 16.3 Å². The molecule has 0 spiro atoms. The maximum Gasteiger partial charge on any atom is 0.275 e. The van der Waals surface area contributed by atoms with Crippen LogP contribution in [0.3, 0.4) is 0 Å². The molecular formula is C40H47FN6O9S. The fraction of sp³-hybridized carbons (Fsp3) is 0.550. The van der Waals surface area contributed by atoms with Crippen molar-refractivity contribution in [3.05, 3.63) is 83.0 Å². The molecule has 4 fully saturated rings. The van der Waals surface area contributed by atoms with Crippen LogP contribution >= 0.6 is 11.8 Å². The third-order valence-electron chi connectivity index (χ3n) is 12.8. The first-order chi connectivity index (χ1) is 27.1. The Morgan fingerprint density at radius 2 is 1.16 bits per heavy atom. The molecule has 1 aliphatic carbocycles. The summed E-state index contributed by atoms with van der Waals surface area (Å²) in [5, 5.41) is 30.0. The van der Waals surface area contributed by atoms with Crippen LogP contribution in [0.1, 0.15) is 93.6 Å². The van der Waals surface area contributed by atoms with E-state index in [2.05, 4.69) is 0 Å². The number of hydrogen-bond acceptors (Lipinski definition) is 10. The van der Waals surface area contributed by atoms with E-state index in [-0.39, 0.29) is 64.1 Å². The largest absolute Gasteiger partial charge is 0.503 e. The number of amides is 3. The maximum absolute atomic E-state index is 13.4. The van der Waals surface area contributed by atoms with E-state index >= 15 is 0 Å². The van der Waals surface area contributed by atoms with Crippen molar-refractivity contribution < 1.29 is 34.1 Å². The Hall–Kier alpha value is -5.06. The number of piperidine rings is 2. The molecule has 3 N–H and O–H groups in total. The summed E-state index contributed by atoms with van der Waals surface area (Å²) < 4.78 is 18.5. The zero-order chi connectivity index (χ0) is 40.8. The average molecular weight is 807 g/mol. The number of aromatic nitrogens is 3. The second-order valence-electron chi connectivity index (χ2n) is 16.4. The smallest absolute Gasteiger partial charge is 0.275 e. The van der Waals surface area contributed by atoms with Crippen LogP contribution in [0.4, 0.5) is 4.39 Å². The first-order valence-corrected chi connectivity index (χ1v) is 20.6. The van der Waals surface area contributed by atoms with Gasteiger partial charge in [-0.3, -0.25) is 28.8 Å². The van der Waals surface area contributed by atoms with Crippen molar-refractivity contribution in [2.24, 2.45) is 5.92 Å². The number of alkyl halides is 1. The van der Waals surface area contributed by atoms with Gasteiger partial charge >= 0.3 is 0 Å². The zero-order valence-electron chi connectivity index (χ0n) is 32.3. The lowest BCUT2D eigenvalue weighted by Gasteiger charge is -2.44. The molecule has 3 saturated heterocycles. The van der Waals surface area contributed by atoms with E-state index in [0.29, 0.717) is 67.7 Å². The summed E-state index contributed by atoms with van der Waals surface area (Å²) in [5.41, 5.74) is 0.304. The highest BCUT2D eigenvalue weighted by Gasteiger charge is 2.51. The number of carbonyl (C=O) groups excluding carboxylic acids is 3. The van der Waals surface area contributed by atoms with Crippen molar-refractivity contribution in [1.82, 2.24) is 28.4 Å². The SMILES string of the molecule is Cc1cn2c(c(O)c1=O)C(=O)N1CC[C@H](F)C[C@H]1C2.Cc1cn2c(c(O)c1=O)C(=O)N1[C@H](C)CCS[C@H]1C2.Cc1cn2c(c(O)c1=O)C(=O)N1[C@H]3CC[C@H](C3)[C@@H]1C2. The van der Waals surface area contributed by atoms with Crippen molar-refractivity contribution in [1.29, 1.82) is 0 Å². The highest BCUT2D eigenvalue weighted by Crippen LogP contribution is 2.46. The van der Waals surface area contributed by atoms with Crippen LogP contribution in [-0.2, 0) is 19.6 Å². The van der Waals surface area contributed by atoms with Crippen LogP contribution in [0, 0.1) is 26.7 Å². The van der Waals surface area contributed by atoms with E-state index in [1.54, 1.807) is 74.6 Å². The Morgan fingerprint density at radius 1 is 0.632 bits per heavy atom. The Labute approximate surface area is 331 Å². The second kappa shape index (κ2) is 14.4. The number of hydrogen-bond donors (Lipinski definition) is 3. The fourth-order valence-electron chi connectivity index (χ4n) is 9.88. The van der Waals surface area contributed by atoms with Gasteiger partial charge < -0.3 is 43.7 Å². The molecule has 3 aromatic heterocycles. The molecule has 17 heteroatoms. The standard InChI is InChI=1S/C14H16N2O3.C13H15FN2O3.C13H16N2O3S/c1-7-5-15-6-10-8-2-3-9(4-8)16(10)14(19)11(15)13(18)12(7)17;1-7-5-15-6-9-4-8(14)2-3-16(9)13(19)10(15)12(18)11(7)17;1-7-5-14-6-9-15(8(2)3-4-19-9)13(18)10(14)12(17)11(7)16/h5,8-10,18H,2-4,6H2,1H3;5,8-9,18H,2-4,6H2,1H3;5,8-9,17H,3-4,6H2,1-2H3/t8-,9+,10+;8-,9-;8-,9+/m101/s1. The van der Waals surface area contributed by atoms with E-state index in [1.165, 1.54) is 6.42 Å². The molecule has 7 aliphatic rings. The van der Waals surface area contributed by atoms with Crippen LogP contribution in [0.15, 0.2) is 33.0 Å². The molecule has 15 nitrogen and oxygen atoms in total. The lowest BCUT2D eigenvalue weighted by Crippen LogP contribution is -2.53. The van der Waals surface area contributed by atoms with Gasteiger partial charge in [0.05, 0.1) is 24.0 Å². The first kappa shape index (κ1) is 38.8. The molecule has 7 atom stereocenters. The minimum Gasteiger partial charge on any atom is -0.503 e. The van der Waals surface area contributed by atoms with Crippen molar-refractivity contribution in [3.8, 4) is 17.2 Å². The third-order valence-corrected chi connectivity index (χ3v) is 14.0. The maximum atomic E-state index is 13.4. The number of thioether (sulfide) groups is 1. The van der Waals surface area contributed by atoms with Crippen molar-refractivity contribution >= 4 is 29.5 Å². The predicted octanol–water partition coefficient (Wildman–Crippen LogP) is 2.86. The molecule has 2 bridgehead atoms. The Kier molecular flexibility index (Phi) is 9.80. The van der Waals surface area contributed by atoms with Crippen LogP contribution in [0.25, 0.3) is 0 Å². The molecule has 1 saturated carbocycles. The molecule has 10 rings (SSSR count). The van der Waals surface area contributed by atoms with Gasteiger partial charge in [0.1, 0.15) is 6.17 Å². The van der Waals surface area contributed by atoms with Crippen LogP contribution in [-0.4, -0.2) is 109 Å². The Morgan fingerprint density at radius 3 is 1.75 bits per heavy atom. The summed E-state index contributed by atoms with van der Waals surface area (Å²) in [6, 6.07) is 0.528. The quantitative estimate of drug-likeness (QED) is 0.305. The molecule has 0 unspecified atom stereocenters. The number of aryl methyl sites for hydroxylation is 3. The van der Waals surface area contributed by atoms with Gasteiger partial charge in [0.15, 0.2) is 34.3 Å². The molecular weight excluding hydrogens is 760 g/mol. The molecule has 3 amide bonds. The average Bonchev–Trinajstić information content (AvgIpc) is 3.78. The van der Waals surface area contributed by atoms with Gasteiger partial charge in [-0.2, -0.15) is 0 Å². The molecule has 0 radical (unpaired) electrons. The molecule has 57 heavy (non-hydrogen) atoms. The van der Waals surface area contributed by atoms with Crippen LogP contribution < -0.4 is 16.3 Å². The topological polar surface area (TPSA) is 188 Å².